The molecule has 1 fully saturated rings. The molecule has 0 saturated carbocycles. The number of ether oxygens (including phenoxy) is 1. The SMILES string of the molecule is CCCC(C(N)=O)[C@@H]1CCOC1=O. The van der Waals surface area contributed by atoms with Crippen LogP contribution in [0.15, 0.2) is 0 Å². The molecule has 1 heterocycles. The van der Waals surface area contributed by atoms with E-state index in [2.05, 4.69) is 0 Å². The average Bonchev–Trinajstić information content (AvgIpc) is 2.47. The first-order valence-electron chi connectivity index (χ1n) is 4.62. The van der Waals surface area contributed by atoms with Crippen LogP contribution < -0.4 is 5.73 Å². The van der Waals surface area contributed by atoms with E-state index in [-0.39, 0.29) is 23.7 Å². The van der Waals surface area contributed by atoms with Crippen LogP contribution in [0.3, 0.4) is 0 Å². The number of nitrogens with two attached hydrogens (primary N) is 1. The van der Waals surface area contributed by atoms with Crippen LogP contribution in [0.25, 0.3) is 0 Å². The summed E-state index contributed by atoms with van der Waals surface area (Å²) in [4.78, 5) is 22.2. The molecule has 4 nitrogen and oxygen atoms in total. The van der Waals surface area contributed by atoms with Gasteiger partial charge >= 0.3 is 5.97 Å². The summed E-state index contributed by atoms with van der Waals surface area (Å²) in [5.74, 6) is -1.28. The van der Waals surface area contributed by atoms with Gasteiger partial charge in [0.15, 0.2) is 0 Å². The minimum absolute atomic E-state index is 0.266. The van der Waals surface area contributed by atoms with Gasteiger partial charge in [0.25, 0.3) is 0 Å². The van der Waals surface area contributed by atoms with Gasteiger partial charge in [-0.1, -0.05) is 13.3 Å². The Morgan fingerprint density at radius 1 is 1.77 bits per heavy atom. The highest BCUT2D eigenvalue weighted by atomic mass is 16.5. The third-order valence-corrected chi connectivity index (χ3v) is 2.43. The molecule has 0 radical (unpaired) electrons. The Hall–Kier alpha value is -1.06. The average molecular weight is 185 g/mol. The van der Waals surface area contributed by atoms with Crippen molar-refractivity contribution in [2.24, 2.45) is 17.6 Å². The molecule has 0 bridgehead atoms. The van der Waals surface area contributed by atoms with Gasteiger partial charge in [-0.15, -0.1) is 0 Å². The number of cyclic esters (lactones) is 1. The van der Waals surface area contributed by atoms with E-state index in [1.807, 2.05) is 6.92 Å². The van der Waals surface area contributed by atoms with Crippen molar-refractivity contribution in [2.45, 2.75) is 26.2 Å². The maximum atomic E-state index is 11.2. The van der Waals surface area contributed by atoms with Gasteiger partial charge in [0.05, 0.1) is 18.4 Å². The predicted molar refractivity (Wildman–Crippen MR) is 46.7 cm³/mol. The van der Waals surface area contributed by atoms with Gasteiger partial charge in [-0.2, -0.15) is 0 Å². The van der Waals surface area contributed by atoms with Crippen molar-refractivity contribution < 1.29 is 14.3 Å². The van der Waals surface area contributed by atoms with E-state index in [0.717, 1.165) is 6.42 Å². The molecule has 1 saturated heterocycles. The second-order valence-electron chi connectivity index (χ2n) is 3.36. The highest BCUT2D eigenvalue weighted by molar-refractivity contribution is 5.85. The maximum absolute atomic E-state index is 11.2. The van der Waals surface area contributed by atoms with E-state index in [4.69, 9.17) is 10.5 Å². The molecule has 0 aromatic rings. The Bertz CT molecular complexity index is 215. The van der Waals surface area contributed by atoms with Gasteiger partial charge < -0.3 is 10.5 Å². The van der Waals surface area contributed by atoms with Crippen molar-refractivity contribution in [3.8, 4) is 0 Å². The monoisotopic (exact) mass is 185 g/mol. The summed E-state index contributed by atoms with van der Waals surface area (Å²) >= 11 is 0. The summed E-state index contributed by atoms with van der Waals surface area (Å²) in [6.07, 6.45) is 2.17. The van der Waals surface area contributed by atoms with Gasteiger partial charge in [0.2, 0.25) is 5.91 Å². The van der Waals surface area contributed by atoms with Crippen molar-refractivity contribution in [2.75, 3.05) is 6.61 Å². The first-order chi connectivity index (χ1) is 6.16. The summed E-state index contributed by atoms with van der Waals surface area (Å²) in [7, 11) is 0. The number of amides is 1. The summed E-state index contributed by atoms with van der Waals surface area (Å²) in [5.41, 5.74) is 5.22. The highest BCUT2D eigenvalue weighted by Gasteiger charge is 2.36. The number of hydrogen-bond donors (Lipinski definition) is 1. The van der Waals surface area contributed by atoms with E-state index < -0.39 is 0 Å². The van der Waals surface area contributed by atoms with Crippen LogP contribution in [-0.4, -0.2) is 18.5 Å². The maximum Gasteiger partial charge on any atom is 0.309 e. The summed E-state index contributed by atoms with van der Waals surface area (Å²) in [5, 5.41) is 0. The normalized spacial score (nSPS) is 24.1. The Morgan fingerprint density at radius 2 is 2.46 bits per heavy atom. The quantitative estimate of drug-likeness (QED) is 0.646. The van der Waals surface area contributed by atoms with Gasteiger partial charge in [-0.3, -0.25) is 9.59 Å². The smallest absolute Gasteiger partial charge is 0.309 e. The van der Waals surface area contributed by atoms with E-state index in [9.17, 15) is 9.59 Å². The Morgan fingerprint density at radius 3 is 2.85 bits per heavy atom. The molecule has 4 heteroatoms. The highest BCUT2D eigenvalue weighted by Crippen LogP contribution is 2.26. The van der Waals surface area contributed by atoms with Crippen molar-refractivity contribution in [3.05, 3.63) is 0 Å². The van der Waals surface area contributed by atoms with Gasteiger partial charge in [0.1, 0.15) is 0 Å². The third-order valence-electron chi connectivity index (χ3n) is 2.43. The molecule has 0 aromatic carbocycles. The second-order valence-corrected chi connectivity index (χ2v) is 3.36. The molecular weight excluding hydrogens is 170 g/mol. The van der Waals surface area contributed by atoms with Crippen molar-refractivity contribution in [1.29, 1.82) is 0 Å². The minimum atomic E-state index is -0.384. The number of hydrogen-bond acceptors (Lipinski definition) is 3. The second kappa shape index (κ2) is 4.25. The number of rotatable bonds is 4. The molecule has 13 heavy (non-hydrogen) atoms. The molecule has 1 aliphatic heterocycles. The van der Waals surface area contributed by atoms with Crippen molar-refractivity contribution >= 4 is 11.9 Å². The number of primary amides is 1. The topological polar surface area (TPSA) is 69.4 Å². The van der Waals surface area contributed by atoms with E-state index in [1.165, 1.54) is 0 Å². The van der Waals surface area contributed by atoms with Crippen LogP contribution in [0.2, 0.25) is 0 Å². The molecule has 1 amide bonds. The predicted octanol–water partition coefficient (Wildman–Crippen LogP) is 0.451. The number of esters is 1. The molecule has 74 valence electrons. The van der Waals surface area contributed by atoms with Crippen LogP contribution in [0.4, 0.5) is 0 Å². The van der Waals surface area contributed by atoms with Crippen LogP contribution in [-0.2, 0) is 14.3 Å². The zero-order chi connectivity index (χ0) is 9.84. The lowest BCUT2D eigenvalue weighted by molar-refractivity contribution is -0.145. The molecule has 2 atom stereocenters. The van der Waals surface area contributed by atoms with Crippen LogP contribution in [0, 0.1) is 11.8 Å². The Labute approximate surface area is 77.4 Å². The number of carbonyl (C=O) groups excluding carboxylic acids is 2. The fourth-order valence-corrected chi connectivity index (χ4v) is 1.73. The zero-order valence-corrected chi connectivity index (χ0v) is 7.79. The summed E-state index contributed by atoms with van der Waals surface area (Å²) < 4.78 is 4.80. The van der Waals surface area contributed by atoms with Crippen LogP contribution in [0.5, 0.6) is 0 Å². The largest absolute Gasteiger partial charge is 0.465 e. The third kappa shape index (κ3) is 2.20. The first-order valence-corrected chi connectivity index (χ1v) is 4.62. The molecule has 0 aromatic heterocycles. The zero-order valence-electron chi connectivity index (χ0n) is 7.79. The van der Waals surface area contributed by atoms with Crippen LogP contribution in [0.1, 0.15) is 26.2 Å². The van der Waals surface area contributed by atoms with Gasteiger partial charge in [-0.25, -0.2) is 0 Å². The summed E-state index contributed by atoms with van der Waals surface area (Å²) in [6, 6.07) is 0. The molecule has 1 unspecified atom stereocenters. The van der Waals surface area contributed by atoms with Crippen LogP contribution >= 0.6 is 0 Å². The molecule has 1 aliphatic rings. The molecule has 0 spiro atoms. The summed E-state index contributed by atoms with van der Waals surface area (Å²) in [6.45, 7) is 2.40. The Kier molecular flexibility index (Phi) is 3.28. The minimum Gasteiger partial charge on any atom is -0.465 e. The molecular formula is C9H15NO3. The fourth-order valence-electron chi connectivity index (χ4n) is 1.73. The first kappa shape index (κ1) is 10.0. The lowest BCUT2D eigenvalue weighted by Gasteiger charge is -2.15. The lowest BCUT2D eigenvalue weighted by Crippen LogP contribution is -2.32. The van der Waals surface area contributed by atoms with Gasteiger partial charge in [0, 0.05) is 0 Å². The van der Waals surface area contributed by atoms with E-state index in [1.54, 1.807) is 0 Å². The van der Waals surface area contributed by atoms with Gasteiger partial charge in [-0.05, 0) is 12.8 Å². The lowest BCUT2D eigenvalue weighted by atomic mass is 9.87. The van der Waals surface area contributed by atoms with Crippen molar-refractivity contribution in [3.63, 3.8) is 0 Å². The Balaban J connectivity index is 2.63. The van der Waals surface area contributed by atoms with E-state index >= 15 is 0 Å². The molecule has 2 N–H and O–H groups in total. The number of carbonyl (C=O) groups is 2. The molecule has 0 aliphatic carbocycles. The molecule has 1 rings (SSSR count). The standard InChI is InChI=1S/C9H15NO3/c1-2-3-6(8(10)11)7-4-5-13-9(7)12/h6-7H,2-5H2,1H3,(H2,10,11)/t6?,7-/m0/s1. The van der Waals surface area contributed by atoms with Crippen molar-refractivity contribution in [1.82, 2.24) is 0 Å². The fraction of sp³-hybridized carbons (Fsp3) is 0.778. The van der Waals surface area contributed by atoms with E-state index in [0.29, 0.717) is 19.4 Å².